The third-order valence-corrected chi connectivity index (χ3v) is 5.48. The van der Waals surface area contributed by atoms with Crippen LogP contribution in [0.25, 0.3) is 0 Å². The molecular weight excluding hydrogens is 238 g/mol. The molecule has 1 N–H and O–H groups in total. The lowest BCUT2D eigenvalue weighted by Crippen LogP contribution is -2.52. The van der Waals surface area contributed by atoms with Crippen molar-refractivity contribution < 1.29 is 9.47 Å². The average molecular weight is 267 g/mol. The lowest BCUT2D eigenvalue weighted by molar-refractivity contribution is -0.149. The fraction of sp³-hybridized carbons (Fsp3) is 1.00. The van der Waals surface area contributed by atoms with Crippen molar-refractivity contribution in [2.45, 2.75) is 70.1 Å². The van der Waals surface area contributed by atoms with E-state index in [1.165, 1.54) is 38.5 Å². The van der Waals surface area contributed by atoms with Crippen molar-refractivity contribution in [2.75, 3.05) is 19.8 Å². The first-order valence-electron chi connectivity index (χ1n) is 8.21. The molecule has 1 spiro atoms. The maximum atomic E-state index is 6.08. The lowest BCUT2D eigenvalue weighted by Gasteiger charge is -2.49. The summed E-state index contributed by atoms with van der Waals surface area (Å²) >= 11 is 0. The van der Waals surface area contributed by atoms with E-state index >= 15 is 0 Å². The smallest absolute Gasteiger partial charge is 0.0685 e. The average Bonchev–Trinajstić information content (AvgIpc) is 2.80. The number of nitrogens with one attached hydrogen (secondary N) is 1. The molecule has 3 heteroatoms. The molecule has 3 fully saturated rings. The zero-order chi connectivity index (χ0) is 13.3. The molecule has 2 heterocycles. The molecule has 3 aliphatic rings. The van der Waals surface area contributed by atoms with Gasteiger partial charge in [-0.05, 0) is 57.9 Å². The van der Waals surface area contributed by atoms with Gasteiger partial charge in [-0.1, -0.05) is 6.92 Å². The summed E-state index contributed by atoms with van der Waals surface area (Å²) in [6.45, 7) is 7.42. The van der Waals surface area contributed by atoms with Crippen LogP contribution in [0.15, 0.2) is 0 Å². The van der Waals surface area contributed by atoms with E-state index in [0.717, 1.165) is 25.7 Å². The zero-order valence-corrected chi connectivity index (χ0v) is 12.5. The van der Waals surface area contributed by atoms with Crippen LogP contribution in [0.4, 0.5) is 0 Å². The van der Waals surface area contributed by atoms with E-state index in [-0.39, 0.29) is 5.60 Å². The van der Waals surface area contributed by atoms with Gasteiger partial charge >= 0.3 is 0 Å². The van der Waals surface area contributed by atoms with Crippen molar-refractivity contribution in [3.63, 3.8) is 0 Å². The molecule has 0 bridgehead atoms. The van der Waals surface area contributed by atoms with Gasteiger partial charge in [0.25, 0.3) is 0 Å². The first kappa shape index (κ1) is 13.8. The third kappa shape index (κ3) is 2.84. The summed E-state index contributed by atoms with van der Waals surface area (Å²) in [4.78, 5) is 0. The minimum atomic E-state index is 0.266. The zero-order valence-electron chi connectivity index (χ0n) is 12.5. The van der Waals surface area contributed by atoms with Crippen molar-refractivity contribution in [1.82, 2.24) is 5.32 Å². The molecule has 3 rings (SSSR count). The van der Waals surface area contributed by atoms with E-state index in [1.807, 2.05) is 0 Å². The Kier molecular flexibility index (Phi) is 4.16. The largest absolute Gasteiger partial charge is 0.378 e. The minimum Gasteiger partial charge on any atom is -0.378 e. The highest BCUT2D eigenvalue weighted by Crippen LogP contribution is 2.46. The van der Waals surface area contributed by atoms with Crippen LogP contribution in [0.2, 0.25) is 0 Å². The van der Waals surface area contributed by atoms with Crippen molar-refractivity contribution in [2.24, 2.45) is 11.8 Å². The van der Waals surface area contributed by atoms with Gasteiger partial charge in [0.1, 0.15) is 0 Å². The predicted molar refractivity (Wildman–Crippen MR) is 76.2 cm³/mol. The molecule has 3 nitrogen and oxygen atoms in total. The number of hydrogen-bond acceptors (Lipinski definition) is 3. The molecule has 4 unspecified atom stereocenters. The molecule has 19 heavy (non-hydrogen) atoms. The molecule has 110 valence electrons. The highest BCUT2D eigenvalue weighted by molar-refractivity contribution is 4.98. The molecule has 1 saturated carbocycles. The van der Waals surface area contributed by atoms with Crippen LogP contribution in [0.3, 0.4) is 0 Å². The molecular formula is C16H29NO2. The summed E-state index contributed by atoms with van der Waals surface area (Å²) in [5.74, 6) is 1.49. The van der Waals surface area contributed by atoms with E-state index in [9.17, 15) is 0 Å². The highest BCUT2D eigenvalue weighted by Gasteiger charge is 2.46. The van der Waals surface area contributed by atoms with E-state index in [4.69, 9.17) is 9.47 Å². The number of ether oxygens (including phenoxy) is 2. The van der Waals surface area contributed by atoms with Gasteiger partial charge in [-0.15, -0.1) is 0 Å². The Morgan fingerprint density at radius 1 is 1.32 bits per heavy atom. The van der Waals surface area contributed by atoms with Crippen LogP contribution in [-0.4, -0.2) is 37.5 Å². The van der Waals surface area contributed by atoms with Gasteiger partial charge in [0.15, 0.2) is 0 Å². The van der Waals surface area contributed by atoms with E-state index in [0.29, 0.717) is 18.1 Å². The van der Waals surface area contributed by atoms with E-state index in [1.54, 1.807) is 0 Å². The van der Waals surface area contributed by atoms with Gasteiger partial charge in [0.2, 0.25) is 0 Å². The fourth-order valence-electron chi connectivity index (χ4n) is 4.35. The van der Waals surface area contributed by atoms with Gasteiger partial charge in [-0.3, -0.25) is 0 Å². The van der Waals surface area contributed by atoms with Gasteiger partial charge in [-0.2, -0.15) is 0 Å². The van der Waals surface area contributed by atoms with Gasteiger partial charge < -0.3 is 14.8 Å². The summed E-state index contributed by atoms with van der Waals surface area (Å²) in [7, 11) is 0. The van der Waals surface area contributed by atoms with E-state index in [2.05, 4.69) is 19.2 Å². The van der Waals surface area contributed by atoms with Crippen LogP contribution in [0.5, 0.6) is 0 Å². The monoisotopic (exact) mass is 267 g/mol. The molecule has 0 aromatic rings. The Balaban J connectivity index is 1.65. The Labute approximate surface area is 117 Å². The van der Waals surface area contributed by atoms with Crippen LogP contribution in [0.1, 0.15) is 52.4 Å². The lowest BCUT2D eigenvalue weighted by atomic mass is 9.68. The van der Waals surface area contributed by atoms with Crippen molar-refractivity contribution in [1.29, 1.82) is 0 Å². The molecule has 1 aliphatic carbocycles. The second-order valence-electron chi connectivity index (χ2n) is 6.86. The Bertz CT molecular complexity index is 303. The van der Waals surface area contributed by atoms with Crippen LogP contribution >= 0.6 is 0 Å². The van der Waals surface area contributed by atoms with Gasteiger partial charge in [-0.25, -0.2) is 0 Å². The van der Waals surface area contributed by atoms with Crippen molar-refractivity contribution >= 4 is 0 Å². The number of hydrogen-bond donors (Lipinski definition) is 1. The molecule has 0 aromatic carbocycles. The molecule has 0 radical (unpaired) electrons. The second kappa shape index (κ2) is 5.71. The van der Waals surface area contributed by atoms with Crippen LogP contribution < -0.4 is 5.32 Å². The quantitative estimate of drug-likeness (QED) is 0.849. The first-order valence-corrected chi connectivity index (χ1v) is 8.21. The first-order chi connectivity index (χ1) is 9.22. The topological polar surface area (TPSA) is 30.5 Å². The Morgan fingerprint density at radius 3 is 2.74 bits per heavy atom. The van der Waals surface area contributed by atoms with Crippen LogP contribution in [0, 0.1) is 11.8 Å². The third-order valence-electron chi connectivity index (χ3n) is 5.48. The standard InChI is InChI=1S/C16H29NO2/c1-3-17-15(14-9-12(2)18-11-14)13-5-8-19-16(10-13)6-4-7-16/h12-15,17H,3-11H2,1-2H3. The minimum absolute atomic E-state index is 0.266. The molecule has 0 aromatic heterocycles. The normalized spacial score (nSPS) is 39.2. The van der Waals surface area contributed by atoms with Crippen molar-refractivity contribution in [3.05, 3.63) is 0 Å². The maximum Gasteiger partial charge on any atom is 0.0685 e. The summed E-state index contributed by atoms with van der Waals surface area (Å²) in [5, 5.41) is 3.77. The van der Waals surface area contributed by atoms with Crippen molar-refractivity contribution in [3.8, 4) is 0 Å². The summed E-state index contributed by atoms with van der Waals surface area (Å²) in [6, 6.07) is 0.635. The van der Waals surface area contributed by atoms with Crippen LogP contribution in [-0.2, 0) is 9.47 Å². The molecule has 0 amide bonds. The Hall–Kier alpha value is -0.120. The second-order valence-corrected chi connectivity index (χ2v) is 6.86. The van der Waals surface area contributed by atoms with Gasteiger partial charge in [0, 0.05) is 18.6 Å². The summed E-state index contributed by atoms with van der Waals surface area (Å²) < 4.78 is 11.9. The predicted octanol–water partition coefficient (Wildman–Crippen LogP) is 2.74. The summed E-state index contributed by atoms with van der Waals surface area (Å²) in [5.41, 5.74) is 0.266. The number of rotatable bonds is 4. The Morgan fingerprint density at radius 2 is 2.16 bits per heavy atom. The fourth-order valence-corrected chi connectivity index (χ4v) is 4.35. The highest BCUT2D eigenvalue weighted by atomic mass is 16.5. The molecule has 2 aliphatic heterocycles. The summed E-state index contributed by atoms with van der Waals surface area (Å²) in [6.07, 6.45) is 8.12. The maximum absolute atomic E-state index is 6.08. The SMILES string of the molecule is CCNC(C1COC(C)C1)C1CCOC2(CCC2)C1. The van der Waals surface area contributed by atoms with Gasteiger partial charge in [0.05, 0.1) is 18.3 Å². The molecule has 4 atom stereocenters. The van der Waals surface area contributed by atoms with E-state index < -0.39 is 0 Å². The molecule has 2 saturated heterocycles.